The van der Waals surface area contributed by atoms with Gasteiger partial charge in [0.15, 0.2) is 0 Å². The Labute approximate surface area is 152 Å². The van der Waals surface area contributed by atoms with Crippen LogP contribution in [0.15, 0.2) is 54.6 Å². The van der Waals surface area contributed by atoms with E-state index in [1.807, 2.05) is 32.0 Å². The number of anilines is 1. The third kappa shape index (κ3) is 2.83. The number of benzene rings is 2. The SMILES string of the molecule is CC(C)Oc1cccc2c1NC(c1cccc([N+](=O)[O-])c1)C1CC=CC21. The Morgan fingerprint density at radius 2 is 2.04 bits per heavy atom. The molecule has 1 aliphatic carbocycles. The summed E-state index contributed by atoms with van der Waals surface area (Å²) in [5.74, 6) is 1.48. The van der Waals surface area contributed by atoms with Crippen LogP contribution < -0.4 is 10.1 Å². The van der Waals surface area contributed by atoms with Crippen LogP contribution in [0.5, 0.6) is 5.75 Å². The second-order valence-electron chi connectivity index (χ2n) is 7.21. The molecule has 5 heteroatoms. The Kier molecular flexibility index (Phi) is 4.15. The van der Waals surface area contributed by atoms with E-state index in [1.54, 1.807) is 12.1 Å². The third-order valence-corrected chi connectivity index (χ3v) is 5.16. The van der Waals surface area contributed by atoms with Crippen LogP contribution in [-0.4, -0.2) is 11.0 Å². The van der Waals surface area contributed by atoms with Gasteiger partial charge >= 0.3 is 0 Å². The summed E-state index contributed by atoms with van der Waals surface area (Å²) < 4.78 is 6.01. The number of para-hydroxylation sites is 1. The Morgan fingerprint density at radius 1 is 1.23 bits per heavy atom. The lowest BCUT2D eigenvalue weighted by Gasteiger charge is -2.38. The number of allylic oxidation sites excluding steroid dienone is 2. The molecular formula is C21H22N2O3. The molecule has 2 aromatic rings. The van der Waals surface area contributed by atoms with Gasteiger partial charge in [-0.2, -0.15) is 0 Å². The highest BCUT2D eigenvalue weighted by molar-refractivity contribution is 5.68. The van der Waals surface area contributed by atoms with Gasteiger partial charge in [-0.1, -0.05) is 36.4 Å². The second-order valence-corrected chi connectivity index (χ2v) is 7.21. The van der Waals surface area contributed by atoms with Crippen molar-refractivity contribution in [3.8, 4) is 5.75 Å². The second kappa shape index (κ2) is 6.48. The zero-order valence-corrected chi connectivity index (χ0v) is 14.9. The molecule has 2 aliphatic rings. The standard InChI is InChI=1S/C21H22N2O3/c1-13(2)26-19-11-5-10-18-16-8-4-9-17(16)20(22-21(18)19)14-6-3-7-15(12-14)23(24)25/h3-8,10-13,16-17,20,22H,9H2,1-2H3. The topological polar surface area (TPSA) is 64.4 Å². The molecular weight excluding hydrogens is 328 g/mol. The molecule has 0 radical (unpaired) electrons. The average Bonchev–Trinajstić information content (AvgIpc) is 3.11. The number of rotatable bonds is 4. The molecule has 4 rings (SSSR count). The van der Waals surface area contributed by atoms with Gasteiger partial charge < -0.3 is 10.1 Å². The first-order valence-corrected chi connectivity index (χ1v) is 9.01. The summed E-state index contributed by atoms with van der Waals surface area (Å²) in [6.45, 7) is 4.02. The van der Waals surface area contributed by atoms with Gasteiger partial charge in [-0.05, 0) is 43.4 Å². The first kappa shape index (κ1) is 16.6. The number of ether oxygens (including phenoxy) is 1. The van der Waals surface area contributed by atoms with Gasteiger partial charge in [0.25, 0.3) is 5.69 Å². The van der Waals surface area contributed by atoms with Gasteiger partial charge in [0.05, 0.1) is 22.8 Å². The first-order chi connectivity index (χ1) is 12.5. The van der Waals surface area contributed by atoms with Crippen molar-refractivity contribution in [1.82, 2.24) is 0 Å². The summed E-state index contributed by atoms with van der Waals surface area (Å²) in [7, 11) is 0. The molecule has 3 unspecified atom stereocenters. The summed E-state index contributed by atoms with van der Waals surface area (Å²) in [4.78, 5) is 10.9. The van der Waals surface area contributed by atoms with Crippen LogP contribution in [0.4, 0.5) is 11.4 Å². The number of hydrogen-bond donors (Lipinski definition) is 1. The van der Waals surface area contributed by atoms with E-state index in [0.29, 0.717) is 11.8 Å². The molecule has 1 aliphatic heterocycles. The number of hydrogen-bond acceptors (Lipinski definition) is 4. The Bertz CT molecular complexity index is 875. The van der Waals surface area contributed by atoms with E-state index < -0.39 is 0 Å². The quantitative estimate of drug-likeness (QED) is 0.467. The normalized spacial score (nSPS) is 23.3. The molecule has 0 amide bonds. The van der Waals surface area contributed by atoms with Crippen molar-refractivity contribution in [2.24, 2.45) is 5.92 Å². The number of nitro groups is 1. The highest BCUT2D eigenvalue weighted by atomic mass is 16.6. The highest BCUT2D eigenvalue weighted by Gasteiger charge is 2.39. The number of fused-ring (bicyclic) bond motifs is 3. The fourth-order valence-corrected chi connectivity index (χ4v) is 4.11. The summed E-state index contributed by atoms with van der Waals surface area (Å²) in [6.07, 6.45) is 5.51. The number of nitrogens with one attached hydrogen (secondary N) is 1. The molecule has 134 valence electrons. The van der Waals surface area contributed by atoms with Gasteiger partial charge in [0.2, 0.25) is 0 Å². The van der Waals surface area contributed by atoms with E-state index in [2.05, 4.69) is 23.5 Å². The van der Waals surface area contributed by atoms with Crippen LogP contribution in [0.3, 0.4) is 0 Å². The third-order valence-electron chi connectivity index (χ3n) is 5.16. The molecule has 1 heterocycles. The van der Waals surface area contributed by atoms with Crippen molar-refractivity contribution in [2.75, 3.05) is 5.32 Å². The molecule has 0 fully saturated rings. The number of nitro benzene ring substituents is 1. The van der Waals surface area contributed by atoms with E-state index in [-0.39, 0.29) is 22.8 Å². The van der Waals surface area contributed by atoms with Crippen LogP contribution in [0.2, 0.25) is 0 Å². The van der Waals surface area contributed by atoms with Gasteiger partial charge in [-0.25, -0.2) is 0 Å². The molecule has 0 bridgehead atoms. The molecule has 5 nitrogen and oxygen atoms in total. The van der Waals surface area contributed by atoms with Crippen molar-refractivity contribution < 1.29 is 9.66 Å². The monoisotopic (exact) mass is 350 g/mol. The summed E-state index contributed by atoms with van der Waals surface area (Å²) in [6, 6.07) is 13.1. The van der Waals surface area contributed by atoms with Gasteiger partial charge in [-0.15, -0.1) is 0 Å². The fourth-order valence-electron chi connectivity index (χ4n) is 4.11. The summed E-state index contributed by atoms with van der Waals surface area (Å²) >= 11 is 0. The number of non-ortho nitro benzene ring substituents is 1. The molecule has 3 atom stereocenters. The number of nitrogens with zero attached hydrogens (tertiary/aromatic N) is 1. The maximum atomic E-state index is 11.2. The summed E-state index contributed by atoms with van der Waals surface area (Å²) in [5.41, 5.74) is 3.32. The maximum absolute atomic E-state index is 11.2. The lowest BCUT2D eigenvalue weighted by atomic mass is 9.77. The van der Waals surface area contributed by atoms with Gasteiger partial charge in [-0.3, -0.25) is 10.1 Å². The Hall–Kier alpha value is -2.82. The van der Waals surface area contributed by atoms with Crippen molar-refractivity contribution in [3.05, 3.63) is 75.9 Å². The maximum Gasteiger partial charge on any atom is 0.269 e. The van der Waals surface area contributed by atoms with Gasteiger partial charge in [0, 0.05) is 18.1 Å². The minimum atomic E-state index is -0.335. The van der Waals surface area contributed by atoms with E-state index in [9.17, 15) is 10.1 Å². The minimum Gasteiger partial charge on any atom is -0.489 e. The van der Waals surface area contributed by atoms with Crippen molar-refractivity contribution >= 4 is 11.4 Å². The fraction of sp³-hybridized carbons (Fsp3) is 0.333. The van der Waals surface area contributed by atoms with E-state index in [4.69, 9.17) is 4.74 Å². The largest absolute Gasteiger partial charge is 0.489 e. The Balaban J connectivity index is 1.78. The van der Waals surface area contributed by atoms with Crippen LogP contribution in [0.25, 0.3) is 0 Å². The highest BCUT2D eigenvalue weighted by Crippen LogP contribution is 2.52. The Morgan fingerprint density at radius 3 is 2.81 bits per heavy atom. The lowest BCUT2D eigenvalue weighted by Crippen LogP contribution is -2.29. The lowest BCUT2D eigenvalue weighted by molar-refractivity contribution is -0.384. The van der Waals surface area contributed by atoms with Crippen molar-refractivity contribution in [2.45, 2.75) is 38.3 Å². The zero-order chi connectivity index (χ0) is 18.3. The van der Waals surface area contributed by atoms with Crippen LogP contribution in [-0.2, 0) is 0 Å². The average molecular weight is 350 g/mol. The first-order valence-electron chi connectivity index (χ1n) is 9.01. The zero-order valence-electron chi connectivity index (χ0n) is 14.9. The predicted octanol–water partition coefficient (Wildman–Crippen LogP) is 5.21. The van der Waals surface area contributed by atoms with E-state index >= 15 is 0 Å². The van der Waals surface area contributed by atoms with Gasteiger partial charge in [0.1, 0.15) is 5.75 Å². The van der Waals surface area contributed by atoms with Crippen LogP contribution >= 0.6 is 0 Å². The van der Waals surface area contributed by atoms with E-state index in [0.717, 1.165) is 23.4 Å². The molecule has 0 spiro atoms. The van der Waals surface area contributed by atoms with Crippen molar-refractivity contribution in [3.63, 3.8) is 0 Å². The molecule has 0 saturated heterocycles. The van der Waals surface area contributed by atoms with Crippen LogP contribution in [0, 0.1) is 16.0 Å². The molecule has 0 saturated carbocycles. The van der Waals surface area contributed by atoms with Crippen LogP contribution in [0.1, 0.15) is 43.4 Å². The summed E-state index contributed by atoms with van der Waals surface area (Å²) in [5, 5.41) is 14.8. The molecule has 2 aromatic carbocycles. The van der Waals surface area contributed by atoms with Crippen molar-refractivity contribution in [1.29, 1.82) is 0 Å². The molecule has 26 heavy (non-hydrogen) atoms. The predicted molar refractivity (Wildman–Crippen MR) is 102 cm³/mol. The minimum absolute atomic E-state index is 0.0133. The van der Waals surface area contributed by atoms with E-state index in [1.165, 1.54) is 11.6 Å². The molecule has 1 N–H and O–H groups in total. The smallest absolute Gasteiger partial charge is 0.269 e. The molecule has 0 aromatic heterocycles.